The van der Waals surface area contributed by atoms with Gasteiger partial charge in [-0.25, -0.2) is 0 Å². The number of pyridine rings is 2. The van der Waals surface area contributed by atoms with Gasteiger partial charge in [0.2, 0.25) is 0 Å². The van der Waals surface area contributed by atoms with E-state index in [4.69, 9.17) is 0 Å². The van der Waals surface area contributed by atoms with Crippen LogP contribution in [-0.2, 0) is 4.57 Å². The van der Waals surface area contributed by atoms with Crippen molar-refractivity contribution in [2.45, 2.75) is 0 Å². The molecule has 0 amide bonds. The van der Waals surface area contributed by atoms with Gasteiger partial charge in [-0.05, 0) is 24.3 Å². The van der Waals surface area contributed by atoms with Crippen LogP contribution >= 0.6 is 7.37 Å². The Balaban J connectivity index is 0.00000128. The van der Waals surface area contributed by atoms with Gasteiger partial charge in [0, 0.05) is 12.4 Å². The van der Waals surface area contributed by atoms with E-state index in [-0.39, 0.29) is 40.4 Å². The molecule has 2 aromatic heterocycles. The Morgan fingerprint density at radius 3 is 1.69 bits per heavy atom. The number of hydrogen-bond acceptors (Lipinski definition) is 3. The van der Waals surface area contributed by atoms with Crippen LogP contribution in [0.2, 0.25) is 0 Å². The quantitative estimate of drug-likeness (QED) is 0.599. The average Bonchev–Trinajstić information content (AvgIpc) is 2.31. The van der Waals surface area contributed by atoms with Gasteiger partial charge in [-0.1, -0.05) is 12.1 Å². The van der Waals surface area contributed by atoms with Crippen molar-refractivity contribution in [3.05, 3.63) is 48.8 Å². The summed E-state index contributed by atoms with van der Waals surface area (Å²) >= 11 is 0. The fraction of sp³-hybridized carbons (Fsp3) is 0. The molecule has 4 nitrogen and oxygen atoms in total. The van der Waals surface area contributed by atoms with Crippen LogP contribution in [0.25, 0.3) is 0 Å². The second-order valence-electron chi connectivity index (χ2n) is 2.95. The number of aromatic nitrogens is 2. The van der Waals surface area contributed by atoms with Gasteiger partial charge in [0.05, 0.1) is 0 Å². The number of rotatable bonds is 2. The van der Waals surface area contributed by atoms with Crippen LogP contribution in [0.5, 0.6) is 0 Å². The van der Waals surface area contributed by atoms with Crippen LogP contribution in [0.3, 0.4) is 0 Å². The molecule has 0 atom stereocenters. The van der Waals surface area contributed by atoms with E-state index in [0.717, 1.165) is 0 Å². The molecule has 0 saturated carbocycles. The molecule has 0 radical (unpaired) electrons. The van der Waals surface area contributed by atoms with Gasteiger partial charge in [0.1, 0.15) is 10.9 Å². The molecule has 0 aromatic carbocycles. The minimum atomic E-state index is -3.62. The Morgan fingerprint density at radius 1 is 0.938 bits per heavy atom. The maximum absolute atomic E-state index is 12.0. The monoisotopic (exact) mass is 244 g/mol. The number of hydrogen-bond donors (Lipinski definition) is 1. The van der Waals surface area contributed by atoms with Gasteiger partial charge in [-0.3, -0.25) is 14.5 Å². The fourth-order valence-corrected chi connectivity index (χ4v) is 2.44. The van der Waals surface area contributed by atoms with Gasteiger partial charge < -0.3 is 4.89 Å². The van der Waals surface area contributed by atoms with E-state index < -0.39 is 7.37 Å². The third-order valence-corrected chi connectivity index (χ3v) is 3.69. The van der Waals surface area contributed by atoms with E-state index in [0.29, 0.717) is 0 Å². The molecule has 78 valence electrons. The first kappa shape index (κ1) is 13.6. The first-order chi connectivity index (χ1) is 7.21. The second-order valence-corrected chi connectivity index (χ2v) is 5.02. The third kappa shape index (κ3) is 2.78. The molecule has 16 heavy (non-hydrogen) atoms. The van der Waals surface area contributed by atoms with Crippen molar-refractivity contribution in [2.24, 2.45) is 0 Å². The Labute approximate surface area is 116 Å². The van der Waals surface area contributed by atoms with E-state index in [2.05, 4.69) is 9.97 Å². The molecule has 2 rings (SSSR count). The SMILES string of the molecule is O=P(O)(c1ccccn1)c1ccccn1.[NaH]. The van der Waals surface area contributed by atoms with Gasteiger partial charge in [-0.2, -0.15) is 0 Å². The predicted molar refractivity (Wildman–Crippen MR) is 64.7 cm³/mol. The van der Waals surface area contributed by atoms with E-state index in [1.54, 1.807) is 24.3 Å². The summed E-state index contributed by atoms with van der Waals surface area (Å²) in [4.78, 5) is 17.6. The van der Waals surface area contributed by atoms with Crippen molar-refractivity contribution in [2.75, 3.05) is 0 Å². The van der Waals surface area contributed by atoms with Crippen LogP contribution in [0.4, 0.5) is 0 Å². The average molecular weight is 244 g/mol. The zero-order valence-electron chi connectivity index (χ0n) is 7.82. The summed E-state index contributed by atoms with van der Waals surface area (Å²) in [6, 6.07) is 9.79. The van der Waals surface area contributed by atoms with E-state index >= 15 is 0 Å². The Hall–Kier alpha value is -0.510. The third-order valence-electron chi connectivity index (χ3n) is 1.92. The first-order valence-electron chi connectivity index (χ1n) is 4.37. The molecule has 2 heterocycles. The van der Waals surface area contributed by atoms with Crippen LogP contribution in [-0.4, -0.2) is 44.4 Å². The van der Waals surface area contributed by atoms with Gasteiger partial charge >= 0.3 is 29.6 Å². The molecule has 2 aromatic rings. The van der Waals surface area contributed by atoms with Crippen LogP contribution in [0.1, 0.15) is 0 Å². The fourth-order valence-electron chi connectivity index (χ4n) is 1.18. The summed E-state index contributed by atoms with van der Waals surface area (Å²) in [5, 5.41) is 0. The maximum atomic E-state index is 12.0. The molecule has 0 aliphatic heterocycles. The van der Waals surface area contributed by atoms with Crippen molar-refractivity contribution < 1.29 is 9.46 Å². The normalized spacial score (nSPS) is 10.6. The summed E-state index contributed by atoms with van der Waals surface area (Å²) in [5.41, 5.74) is 0.312. The van der Waals surface area contributed by atoms with Crippen molar-refractivity contribution in [1.82, 2.24) is 9.97 Å². The molecule has 0 saturated heterocycles. The van der Waals surface area contributed by atoms with Crippen LogP contribution < -0.4 is 10.9 Å². The van der Waals surface area contributed by atoms with E-state index in [1.165, 1.54) is 24.5 Å². The Bertz CT molecular complexity index is 449. The first-order valence-corrected chi connectivity index (χ1v) is 6.03. The molecule has 0 unspecified atom stereocenters. The summed E-state index contributed by atoms with van der Waals surface area (Å²) < 4.78 is 12.0. The van der Waals surface area contributed by atoms with Crippen molar-refractivity contribution in [3.8, 4) is 0 Å². The number of nitrogens with zero attached hydrogens (tertiary/aromatic N) is 2. The van der Waals surface area contributed by atoms with Crippen molar-refractivity contribution >= 4 is 47.8 Å². The molecule has 0 spiro atoms. The Kier molecular flexibility index (Phi) is 4.84. The molecule has 0 aliphatic rings. The van der Waals surface area contributed by atoms with Gasteiger partial charge in [0.15, 0.2) is 0 Å². The van der Waals surface area contributed by atoms with Gasteiger partial charge in [-0.15, -0.1) is 0 Å². The van der Waals surface area contributed by atoms with E-state index in [1.807, 2.05) is 0 Å². The zero-order valence-corrected chi connectivity index (χ0v) is 8.71. The van der Waals surface area contributed by atoms with Crippen LogP contribution in [0, 0.1) is 0 Å². The van der Waals surface area contributed by atoms with Gasteiger partial charge in [0.25, 0.3) is 7.37 Å². The Morgan fingerprint density at radius 2 is 1.38 bits per heavy atom. The molecular formula is C10H10N2NaO2P. The molecule has 0 aliphatic carbocycles. The summed E-state index contributed by atoms with van der Waals surface area (Å²) in [6.07, 6.45) is 2.97. The molecule has 0 bridgehead atoms. The summed E-state index contributed by atoms with van der Waals surface area (Å²) in [5.74, 6) is 0. The molecule has 6 heteroatoms. The van der Waals surface area contributed by atoms with Crippen molar-refractivity contribution in [3.63, 3.8) is 0 Å². The standard InChI is InChI=1S/C10H9N2O2P.Na.H/c13-15(14,9-5-1-3-7-11-9)10-6-2-4-8-12-10;;/h1-8H,(H,13,14);;. The molecular weight excluding hydrogens is 234 g/mol. The predicted octanol–water partition coefficient (Wildman–Crippen LogP) is 0.0493. The van der Waals surface area contributed by atoms with Crippen LogP contribution in [0.15, 0.2) is 48.8 Å². The molecule has 1 N–H and O–H groups in total. The minimum absolute atomic E-state index is 0. The summed E-state index contributed by atoms with van der Waals surface area (Å²) in [7, 11) is -3.62. The molecule has 0 fully saturated rings. The van der Waals surface area contributed by atoms with E-state index in [9.17, 15) is 9.46 Å². The zero-order chi connectivity index (χ0) is 10.7. The topological polar surface area (TPSA) is 63.1 Å². The summed E-state index contributed by atoms with van der Waals surface area (Å²) in [6.45, 7) is 0. The second kappa shape index (κ2) is 5.71. The van der Waals surface area contributed by atoms with Crippen molar-refractivity contribution in [1.29, 1.82) is 0 Å².